The van der Waals surface area contributed by atoms with E-state index >= 15 is 0 Å². The molecule has 11 heteroatoms. The molecule has 0 saturated carbocycles. The van der Waals surface area contributed by atoms with Gasteiger partial charge >= 0.3 is 0 Å². The molecule has 0 bridgehead atoms. The number of hydrogen-bond donors (Lipinski definition) is 2. The number of nitrogens with zero attached hydrogens (tertiary/aromatic N) is 5. The number of rotatable bonds is 4. The molecule has 1 unspecified atom stereocenters. The molecular formula is C16H15N7O3S. The summed E-state index contributed by atoms with van der Waals surface area (Å²) in [6, 6.07) is 1.03. The zero-order valence-electron chi connectivity index (χ0n) is 14.7. The highest BCUT2D eigenvalue weighted by Crippen LogP contribution is 2.26. The quantitative estimate of drug-likeness (QED) is 0.674. The van der Waals surface area contributed by atoms with Crippen molar-refractivity contribution >= 4 is 39.2 Å². The minimum absolute atomic E-state index is 0.207. The first-order valence-electron chi connectivity index (χ1n) is 7.79. The van der Waals surface area contributed by atoms with Crippen molar-refractivity contribution in [1.29, 1.82) is 5.26 Å². The van der Waals surface area contributed by atoms with Crippen LogP contribution in [0, 0.1) is 18.3 Å². The summed E-state index contributed by atoms with van der Waals surface area (Å²) in [5, 5.41) is 15.9. The highest BCUT2D eigenvalue weighted by atomic mass is 32.1. The molecule has 27 heavy (non-hydrogen) atoms. The standard InChI is InChI=1S/C16H15N7O3S/c1-7-10-15(27-11(7)12(18)24)19-6-23(16(10)26)8(2)14(25)21-13-9(4-17)5-20-22(13)3/h5-6,8H,1-3H3,(H2,18,24)(H,21,25). The van der Waals surface area contributed by atoms with E-state index in [2.05, 4.69) is 15.4 Å². The number of fused-ring (bicyclic) bond motifs is 1. The Hall–Kier alpha value is -3.52. The van der Waals surface area contributed by atoms with E-state index in [0.29, 0.717) is 10.4 Å². The molecule has 3 rings (SSSR count). The lowest BCUT2D eigenvalue weighted by atomic mass is 10.2. The number of anilines is 1. The Labute approximate surface area is 156 Å². The second kappa shape index (κ2) is 6.65. The molecule has 0 aliphatic heterocycles. The number of aryl methyl sites for hydroxylation is 2. The van der Waals surface area contributed by atoms with Gasteiger partial charge in [0.15, 0.2) is 0 Å². The molecule has 3 N–H and O–H groups in total. The van der Waals surface area contributed by atoms with Crippen molar-refractivity contribution in [2.45, 2.75) is 19.9 Å². The van der Waals surface area contributed by atoms with Gasteiger partial charge in [-0.2, -0.15) is 10.4 Å². The van der Waals surface area contributed by atoms with Crippen molar-refractivity contribution in [3.05, 3.63) is 38.9 Å². The van der Waals surface area contributed by atoms with Crippen LogP contribution < -0.4 is 16.6 Å². The third kappa shape index (κ3) is 2.96. The first kappa shape index (κ1) is 18.3. The van der Waals surface area contributed by atoms with Gasteiger partial charge in [-0.15, -0.1) is 11.3 Å². The first-order chi connectivity index (χ1) is 12.8. The van der Waals surface area contributed by atoms with Crippen molar-refractivity contribution in [3.8, 4) is 6.07 Å². The average Bonchev–Trinajstić information content (AvgIpc) is 3.15. The number of thiophene rings is 1. The van der Waals surface area contributed by atoms with Gasteiger partial charge in [-0.25, -0.2) is 4.98 Å². The molecule has 0 aliphatic carbocycles. The highest BCUT2D eigenvalue weighted by molar-refractivity contribution is 7.20. The predicted molar refractivity (Wildman–Crippen MR) is 98.4 cm³/mol. The van der Waals surface area contributed by atoms with Crippen molar-refractivity contribution in [3.63, 3.8) is 0 Å². The second-order valence-corrected chi connectivity index (χ2v) is 6.86. The molecule has 2 amide bonds. The Kier molecular flexibility index (Phi) is 4.50. The average molecular weight is 385 g/mol. The van der Waals surface area contributed by atoms with Gasteiger partial charge in [0.2, 0.25) is 5.91 Å². The zero-order chi connectivity index (χ0) is 19.9. The number of aromatic nitrogens is 4. The Balaban J connectivity index is 2.00. The van der Waals surface area contributed by atoms with Crippen LogP contribution in [0.3, 0.4) is 0 Å². The van der Waals surface area contributed by atoms with Crippen LogP contribution in [0.25, 0.3) is 10.2 Å². The molecule has 0 radical (unpaired) electrons. The van der Waals surface area contributed by atoms with Crippen LogP contribution in [0.5, 0.6) is 0 Å². The second-order valence-electron chi connectivity index (χ2n) is 5.87. The molecule has 0 fully saturated rings. The lowest BCUT2D eigenvalue weighted by molar-refractivity contribution is -0.118. The van der Waals surface area contributed by atoms with E-state index in [-0.39, 0.29) is 21.6 Å². The SMILES string of the molecule is Cc1c(C(N)=O)sc2ncn(C(C)C(=O)Nc3c(C#N)cnn3C)c(=O)c12. The number of hydrogen-bond acceptors (Lipinski definition) is 7. The van der Waals surface area contributed by atoms with E-state index in [9.17, 15) is 14.4 Å². The summed E-state index contributed by atoms with van der Waals surface area (Å²) >= 11 is 1.04. The van der Waals surface area contributed by atoms with Crippen molar-refractivity contribution in [2.24, 2.45) is 12.8 Å². The third-order valence-electron chi connectivity index (χ3n) is 4.20. The zero-order valence-corrected chi connectivity index (χ0v) is 15.5. The maximum absolute atomic E-state index is 12.9. The van der Waals surface area contributed by atoms with Crippen LogP contribution in [0.2, 0.25) is 0 Å². The Morgan fingerprint density at radius 3 is 2.78 bits per heavy atom. The summed E-state index contributed by atoms with van der Waals surface area (Å²) in [4.78, 5) is 41.8. The number of amides is 2. The Bertz CT molecular complexity index is 1180. The van der Waals surface area contributed by atoms with Crippen LogP contribution in [0.1, 0.15) is 33.8 Å². The van der Waals surface area contributed by atoms with E-state index in [1.54, 1.807) is 14.0 Å². The molecule has 3 heterocycles. The minimum atomic E-state index is -0.910. The van der Waals surface area contributed by atoms with E-state index in [1.807, 2.05) is 6.07 Å². The van der Waals surface area contributed by atoms with Crippen molar-refractivity contribution < 1.29 is 9.59 Å². The monoisotopic (exact) mass is 385 g/mol. The van der Waals surface area contributed by atoms with Crippen LogP contribution >= 0.6 is 11.3 Å². The predicted octanol–water partition coefficient (Wildman–Crippen LogP) is 0.670. The number of nitrogens with two attached hydrogens (primary N) is 1. The minimum Gasteiger partial charge on any atom is -0.365 e. The largest absolute Gasteiger partial charge is 0.365 e. The topological polar surface area (TPSA) is 149 Å². The van der Waals surface area contributed by atoms with Crippen LogP contribution in [0.4, 0.5) is 5.82 Å². The van der Waals surface area contributed by atoms with Gasteiger partial charge < -0.3 is 11.1 Å². The van der Waals surface area contributed by atoms with Gasteiger partial charge in [0.25, 0.3) is 11.5 Å². The number of carbonyl (C=O) groups excluding carboxylic acids is 2. The number of carbonyl (C=O) groups is 2. The summed E-state index contributed by atoms with van der Waals surface area (Å²) in [6.07, 6.45) is 2.59. The molecule has 1 atom stereocenters. The molecule has 10 nitrogen and oxygen atoms in total. The molecule has 3 aromatic heterocycles. The van der Waals surface area contributed by atoms with Gasteiger partial charge in [0.05, 0.1) is 22.8 Å². The Morgan fingerprint density at radius 1 is 1.44 bits per heavy atom. The van der Waals surface area contributed by atoms with Gasteiger partial charge in [-0.1, -0.05) is 0 Å². The highest BCUT2D eigenvalue weighted by Gasteiger charge is 2.23. The maximum atomic E-state index is 12.9. The van der Waals surface area contributed by atoms with Crippen LogP contribution in [-0.2, 0) is 11.8 Å². The normalized spacial score (nSPS) is 11.9. The third-order valence-corrected chi connectivity index (χ3v) is 5.41. The number of nitrogens with one attached hydrogen (secondary N) is 1. The molecule has 0 saturated heterocycles. The van der Waals surface area contributed by atoms with Crippen molar-refractivity contribution in [2.75, 3.05) is 5.32 Å². The molecule has 0 aliphatic rings. The number of nitriles is 1. The van der Waals surface area contributed by atoms with E-state index < -0.39 is 23.4 Å². The smallest absolute Gasteiger partial charge is 0.263 e. The van der Waals surface area contributed by atoms with Gasteiger partial charge in [-0.3, -0.25) is 23.6 Å². The lowest BCUT2D eigenvalue weighted by Gasteiger charge is -2.15. The fourth-order valence-electron chi connectivity index (χ4n) is 2.66. The van der Waals surface area contributed by atoms with Gasteiger partial charge in [0.1, 0.15) is 28.3 Å². The van der Waals surface area contributed by atoms with Gasteiger partial charge in [0, 0.05) is 7.05 Å². The maximum Gasteiger partial charge on any atom is 0.263 e. The summed E-state index contributed by atoms with van der Waals surface area (Å²) in [6.45, 7) is 3.15. The molecular weight excluding hydrogens is 370 g/mol. The summed E-state index contributed by atoms with van der Waals surface area (Å²) in [5.41, 5.74) is 5.53. The fourth-order valence-corrected chi connectivity index (χ4v) is 3.65. The molecule has 0 aromatic carbocycles. The summed E-state index contributed by atoms with van der Waals surface area (Å²) in [7, 11) is 1.58. The fraction of sp³-hybridized carbons (Fsp3) is 0.250. The van der Waals surface area contributed by atoms with Crippen molar-refractivity contribution in [1.82, 2.24) is 19.3 Å². The summed E-state index contributed by atoms with van der Waals surface area (Å²) in [5.74, 6) is -0.909. The number of primary amides is 1. The van der Waals surface area contributed by atoms with Crippen LogP contribution in [0.15, 0.2) is 17.3 Å². The summed E-state index contributed by atoms with van der Waals surface area (Å²) < 4.78 is 2.53. The van der Waals surface area contributed by atoms with Gasteiger partial charge in [-0.05, 0) is 19.4 Å². The lowest BCUT2D eigenvalue weighted by Crippen LogP contribution is -2.32. The van der Waals surface area contributed by atoms with E-state index in [1.165, 1.54) is 28.7 Å². The Morgan fingerprint density at radius 2 is 2.15 bits per heavy atom. The molecule has 0 spiro atoms. The van der Waals surface area contributed by atoms with E-state index in [4.69, 9.17) is 11.0 Å². The molecule has 3 aromatic rings. The molecule has 138 valence electrons. The first-order valence-corrected chi connectivity index (χ1v) is 8.60. The van der Waals surface area contributed by atoms with Crippen LogP contribution in [-0.4, -0.2) is 31.1 Å². The van der Waals surface area contributed by atoms with E-state index in [0.717, 1.165) is 11.3 Å².